The molecule has 0 aliphatic heterocycles. The van der Waals surface area contributed by atoms with Crippen molar-refractivity contribution < 1.29 is 4.39 Å². The van der Waals surface area contributed by atoms with Gasteiger partial charge in [-0.3, -0.25) is 0 Å². The third kappa shape index (κ3) is 3.29. The van der Waals surface area contributed by atoms with E-state index in [1.165, 1.54) is 0 Å². The molecule has 2 N–H and O–H groups in total. The molecule has 0 atom stereocenters. The maximum absolute atomic E-state index is 13.6. The summed E-state index contributed by atoms with van der Waals surface area (Å²) in [5.74, 6) is 2.19. The highest BCUT2D eigenvalue weighted by Gasteiger charge is 2.09. The summed E-state index contributed by atoms with van der Waals surface area (Å²) in [6, 6.07) is 3.72. The van der Waals surface area contributed by atoms with Crippen molar-refractivity contribution in [3.05, 3.63) is 46.0 Å². The molecule has 0 saturated heterocycles. The first-order valence-corrected chi connectivity index (χ1v) is 6.95. The number of anilines is 2. The molecule has 1 aromatic carbocycles. The maximum Gasteiger partial charge on any atom is 0.135 e. The lowest BCUT2D eigenvalue weighted by Crippen LogP contribution is -2.08. The van der Waals surface area contributed by atoms with Crippen LogP contribution in [0.5, 0.6) is 0 Å². The number of hydrogen-bond donors (Lipinski definition) is 2. The predicted molar refractivity (Wildman–Crippen MR) is 84.3 cm³/mol. The minimum Gasteiger partial charge on any atom is -0.373 e. The molecule has 0 spiro atoms. The van der Waals surface area contributed by atoms with E-state index in [1.54, 1.807) is 13.8 Å². The van der Waals surface area contributed by atoms with Gasteiger partial charge in [-0.25, -0.2) is 14.4 Å². The van der Waals surface area contributed by atoms with Crippen molar-refractivity contribution in [2.24, 2.45) is 0 Å². The summed E-state index contributed by atoms with van der Waals surface area (Å²) in [7, 11) is 1.84. The van der Waals surface area contributed by atoms with Crippen LogP contribution in [-0.4, -0.2) is 17.0 Å². The number of nitrogens with zero attached hydrogens (tertiary/aromatic N) is 2. The summed E-state index contributed by atoms with van der Waals surface area (Å²) in [6.07, 6.45) is 0. The molecule has 1 heterocycles. The first-order valence-electron chi connectivity index (χ1n) is 6.95. The molecule has 4 nitrogen and oxygen atoms in total. The Morgan fingerprint density at radius 3 is 2.14 bits per heavy atom. The van der Waals surface area contributed by atoms with E-state index in [-0.39, 0.29) is 5.82 Å². The first-order chi connectivity index (χ1) is 9.92. The lowest BCUT2D eigenvalue weighted by molar-refractivity contribution is 0.608. The molecular formula is C16H21FN4. The summed E-state index contributed by atoms with van der Waals surface area (Å²) in [6.45, 7) is 7.99. The highest BCUT2D eigenvalue weighted by atomic mass is 19.1. The van der Waals surface area contributed by atoms with Crippen molar-refractivity contribution in [3.63, 3.8) is 0 Å². The van der Waals surface area contributed by atoms with Gasteiger partial charge in [-0.15, -0.1) is 0 Å². The summed E-state index contributed by atoms with van der Waals surface area (Å²) >= 11 is 0. The van der Waals surface area contributed by atoms with Gasteiger partial charge >= 0.3 is 0 Å². The predicted octanol–water partition coefficient (Wildman–Crippen LogP) is 3.50. The number of aryl methyl sites for hydroxylation is 3. The average molecular weight is 288 g/mol. The molecule has 21 heavy (non-hydrogen) atoms. The Morgan fingerprint density at radius 1 is 1.00 bits per heavy atom. The molecule has 112 valence electrons. The lowest BCUT2D eigenvalue weighted by atomic mass is 10.1. The zero-order chi connectivity index (χ0) is 15.6. The molecule has 0 fully saturated rings. The van der Waals surface area contributed by atoms with Crippen LogP contribution in [0.4, 0.5) is 16.0 Å². The Bertz CT molecular complexity index is 645. The van der Waals surface area contributed by atoms with Crippen LogP contribution in [0.25, 0.3) is 0 Å². The van der Waals surface area contributed by atoms with E-state index >= 15 is 0 Å². The Morgan fingerprint density at radius 2 is 1.57 bits per heavy atom. The molecule has 0 unspecified atom stereocenters. The Labute approximate surface area is 124 Å². The fourth-order valence-electron chi connectivity index (χ4n) is 2.37. The topological polar surface area (TPSA) is 49.8 Å². The van der Waals surface area contributed by atoms with Crippen molar-refractivity contribution in [2.45, 2.75) is 34.2 Å². The number of halogens is 1. The second kappa shape index (κ2) is 6.08. The number of benzene rings is 1. The second-order valence-corrected chi connectivity index (χ2v) is 5.24. The Balaban J connectivity index is 2.22. The number of nitrogens with one attached hydrogen (secondary N) is 2. The third-order valence-electron chi connectivity index (χ3n) is 3.45. The van der Waals surface area contributed by atoms with Gasteiger partial charge in [0, 0.05) is 19.2 Å². The van der Waals surface area contributed by atoms with E-state index in [0.29, 0.717) is 23.5 Å². The van der Waals surface area contributed by atoms with E-state index in [1.807, 2.05) is 33.0 Å². The zero-order valence-corrected chi connectivity index (χ0v) is 13.1. The van der Waals surface area contributed by atoms with Gasteiger partial charge in [-0.05, 0) is 44.4 Å². The first kappa shape index (κ1) is 15.2. The van der Waals surface area contributed by atoms with Crippen LogP contribution in [0.3, 0.4) is 0 Å². The molecular weight excluding hydrogens is 267 g/mol. The molecule has 5 heteroatoms. The van der Waals surface area contributed by atoms with Crippen molar-refractivity contribution in [1.82, 2.24) is 9.97 Å². The fraction of sp³-hybridized carbons (Fsp3) is 0.375. The smallest absolute Gasteiger partial charge is 0.135 e. The molecule has 0 saturated carbocycles. The van der Waals surface area contributed by atoms with Gasteiger partial charge in [-0.1, -0.05) is 12.1 Å². The third-order valence-corrected chi connectivity index (χ3v) is 3.45. The molecule has 0 aliphatic rings. The van der Waals surface area contributed by atoms with E-state index in [0.717, 1.165) is 22.8 Å². The Kier molecular flexibility index (Phi) is 4.40. The van der Waals surface area contributed by atoms with Gasteiger partial charge in [-0.2, -0.15) is 0 Å². The van der Waals surface area contributed by atoms with Gasteiger partial charge in [0.15, 0.2) is 0 Å². The van der Waals surface area contributed by atoms with Gasteiger partial charge in [0.05, 0.1) is 0 Å². The van der Waals surface area contributed by atoms with Gasteiger partial charge in [0.25, 0.3) is 0 Å². The lowest BCUT2D eigenvalue weighted by Gasteiger charge is -2.13. The molecule has 0 aliphatic carbocycles. The average Bonchev–Trinajstić information content (AvgIpc) is 2.45. The highest BCUT2D eigenvalue weighted by Crippen LogP contribution is 2.21. The second-order valence-electron chi connectivity index (χ2n) is 5.24. The molecule has 1 aromatic heterocycles. The highest BCUT2D eigenvalue weighted by molar-refractivity contribution is 5.57. The molecule has 0 bridgehead atoms. The van der Waals surface area contributed by atoms with E-state index < -0.39 is 0 Å². The summed E-state index contributed by atoms with van der Waals surface area (Å²) < 4.78 is 13.6. The fourth-order valence-corrected chi connectivity index (χ4v) is 2.37. The van der Waals surface area contributed by atoms with E-state index in [2.05, 4.69) is 20.6 Å². The minimum atomic E-state index is -0.134. The maximum atomic E-state index is 13.6. The monoisotopic (exact) mass is 288 g/mol. The van der Waals surface area contributed by atoms with Crippen LogP contribution in [0.15, 0.2) is 12.1 Å². The summed E-state index contributed by atoms with van der Waals surface area (Å²) in [4.78, 5) is 8.76. The van der Waals surface area contributed by atoms with Crippen LogP contribution in [0.1, 0.15) is 28.1 Å². The van der Waals surface area contributed by atoms with E-state index in [4.69, 9.17) is 0 Å². The Hall–Kier alpha value is -2.17. The zero-order valence-electron chi connectivity index (χ0n) is 13.1. The van der Waals surface area contributed by atoms with Crippen molar-refractivity contribution in [2.75, 3.05) is 17.7 Å². The standard InChI is InChI=1S/C16H21FN4/c1-9-6-13(7-10(2)14(9)17)8-19-16-11(3)15(18-5)20-12(4)21-16/h6-7H,8H2,1-5H3,(H2,18,19,20,21). The quantitative estimate of drug-likeness (QED) is 0.904. The van der Waals surface area contributed by atoms with Gasteiger partial charge in [0.1, 0.15) is 23.3 Å². The number of rotatable bonds is 4. The normalized spacial score (nSPS) is 10.6. The molecule has 0 amide bonds. The van der Waals surface area contributed by atoms with Crippen LogP contribution in [-0.2, 0) is 6.54 Å². The van der Waals surface area contributed by atoms with Crippen LogP contribution in [0, 0.1) is 33.5 Å². The van der Waals surface area contributed by atoms with Crippen LogP contribution in [0.2, 0.25) is 0 Å². The van der Waals surface area contributed by atoms with Gasteiger partial charge in [0.2, 0.25) is 0 Å². The van der Waals surface area contributed by atoms with Crippen LogP contribution >= 0.6 is 0 Å². The van der Waals surface area contributed by atoms with E-state index in [9.17, 15) is 4.39 Å². The summed E-state index contributed by atoms with van der Waals surface area (Å²) in [5.41, 5.74) is 3.34. The SMILES string of the molecule is CNc1nc(C)nc(NCc2cc(C)c(F)c(C)c2)c1C. The van der Waals surface area contributed by atoms with Gasteiger partial charge < -0.3 is 10.6 Å². The summed E-state index contributed by atoms with van der Waals surface area (Å²) in [5, 5.41) is 6.36. The molecule has 2 rings (SSSR count). The number of hydrogen-bond acceptors (Lipinski definition) is 4. The largest absolute Gasteiger partial charge is 0.373 e. The number of aromatic nitrogens is 2. The van der Waals surface area contributed by atoms with Crippen molar-refractivity contribution in [1.29, 1.82) is 0 Å². The minimum absolute atomic E-state index is 0.134. The molecule has 0 radical (unpaired) electrons. The van der Waals surface area contributed by atoms with Crippen molar-refractivity contribution in [3.8, 4) is 0 Å². The van der Waals surface area contributed by atoms with Crippen LogP contribution < -0.4 is 10.6 Å². The van der Waals surface area contributed by atoms with Crippen molar-refractivity contribution >= 4 is 11.6 Å². The molecule has 2 aromatic rings.